The minimum absolute atomic E-state index is 0.161. The number of hydrogen-bond acceptors (Lipinski definition) is 4. The first kappa shape index (κ1) is 11.2. The van der Waals surface area contributed by atoms with Gasteiger partial charge in [0.1, 0.15) is 4.90 Å². The van der Waals surface area contributed by atoms with Crippen LogP contribution in [0.25, 0.3) is 0 Å². The molecule has 6 nitrogen and oxygen atoms in total. The maximum Gasteiger partial charge on any atom is 0.243 e. The number of aromatic nitrogens is 2. The van der Waals surface area contributed by atoms with E-state index < -0.39 is 10.0 Å². The van der Waals surface area contributed by atoms with Crippen LogP contribution >= 0.6 is 0 Å². The van der Waals surface area contributed by atoms with Crippen LogP contribution < -0.4 is 10.0 Å². The molecule has 14 heavy (non-hydrogen) atoms. The van der Waals surface area contributed by atoms with E-state index in [4.69, 9.17) is 0 Å². The normalized spacial score (nSPS) is 11.8. The average molecular weight is 218 g/mol. The number of nitrogens with zero attached hydrogens (tertiary/aromatic N) is 1. The molecular formula is C7H14N4O2S. The van der Waals surface area contributed by atoms with Gasteiger partial charge in [-0.3, -0.25) is 5.10 Å². The lowest BCUT2D eigenvalue weighted by Gasteiger charge is -2.04. The van der Waals surface area contributed by atoms with Gasteiger partial charge in [0.25, 0.3) is 0 Å². The average Bonchev–Trinajstić information content (AvgIpc) is 2.65. The Balaban J connectivity index is 2.44. The van der Waals surface area contributed by atoms with E-state index in [1.165, 1.54) is 12.4 Å². The molecule has 80 valence electrons. The Bertz CT molecular complexity index is 346. The molecule has 0 aliphatic rings. The minimum Gasteiger partial charge on any atom is -0.316 e. The molecule has 0 saturated carbocycles. The second-order valence-corrected chi connectivity index (χ2v) is 4.45. The molecule has 0 aliphatic carbocycles. The van der Waals surface area contributed by atoms with E-state index in [2.05, 4.69) is 20.2 Å². The highest BCUT2D eigenvalue weighted by Crippen LogP contribution is 2.02. The first-order chi connectivity index (χ1) is 6.67. The topological polar surface area (TPSA) is 86.9 Å². The van der Waals surface area contributed by atoms with Crippen molar-refractivity contribution < 1.29 is 8.42 Å². The molecule has 3 N–H and O–H groups in total. The summed E-state index contributed by atoms with van der Waals surface area (Å²) in [5.41, 5.74) is 0. The van der Waals surface area contributed by atoms with Crippen LogP contribution in [0.1, 0.15) is 6.92 Å². The smallest absolute Gasteiger partial charge is 0.243 e. The molecule has 0 amide bonds. The van der Waals surface area contributed by atoms with Crippen LogP contribution in [-0.2, 0) is 10.0 Å². The van der Waals surface area contributed by atoms with E-state index in [9.17, 15) is 8.42 Å². The molecule has 0 spiro atoms. The molecule has 0 atom stereocenters. The number of H-pyrrole nitrogens is 1. The van der Waals surface area contributed by atoms with E-state index in [-0.39, 0.29) is 4.90 Å². The number of rotatable bonds is 6. The third kappa shape index (κ3) is 3.09. The van der Waals surface area contributed by atoms with Crippen LogP contribution in [0.5, 0.6) is 0 Å². The quantitative estimate of drug-likeness (QED) is 0.551. The molecule has 0 fully saturated rings. The zero-order chi connectivity index (χ0) is 10.4. The van der Waals surface area contributed by atoms with Crippen molar-refractivity contribution in [1.29, 1.82) is 0 Å². The lowest BCUT2D eigenvalue weighted by molar-refractivity contribution is 0.577. The number of sulfonamides is 1. The molecule has 0 aliphatic heterocycles. The summed E-state index contributed by atoms with van der Waals surface area (Å²) in [6.07, 6.45) is 2.62. The summed E-state index contributed by atoms with van der Waals surface area (Å²) in [5.74, 6) is 0. The highest BCUT2D eigenvalue weighted by Gasteiger charge is 2.13. The van der Waals surface area contributed by atoms with Gasteiger partial charge in [-0.25, -0.2) is 13.1 Å². The Morgan fingerprint density at radius 1 is 1.50 bits per heavy atom. The Morgan fingerprint density at radius 3 is 2.86 bits per heavy atom. The lowest BCUT2D eigenvalue weighted by atomic mass is 10.6. The van der Waals surface area contributed by atoms with Crippen molar-refractivity contribution >= 4 is 10.0 Å². The number of nitrogens with one attached hydrogen (secondary N) is 3. The maximum atomic E-state index is 11.5. The Morgan fingerprint density at radius 2 is 2.29 bits per heavy atom. The van der Waals surface area contributed by atoms with Gasteiger partial charge in [0.2, 0.25) is 10.0 Å². The number of aromatic amines is 1. The summed E-state index contributed by atoms with van der Waals surface area (Å²) in [6, 6.07) is 0. The molecular weight excluding hydrogens is 204 g/mol. The fourth-order valence-electron chi connectivity index (χ4n) is 0.920. The summed E-state index contributed by atoms with van der Waals surface area (Å²) in [7, 11) is -3.38. The van der Waals surface area contributed by atoms with E-state index in [1.54, 1.807) is 0 Å². The third-order valence-corrected chi connectivity index (χ3v) is 3.06. The van der Waals surface area contributed by atoms with E-state index in [1.807, 2.05) is 6.92 Å². The van der Waals surface area contributed by atoms with Crippen LogP contribution in [0, 0.1) is 0 Å². The fraction of sp³-hybridized carbons (Fsp3) is 0.571. The van der Waals surface area contributed by atoms with Crippen molar-refractivity contribution in [2.24, 2.45) is 0 Å². The van der Waals surface area contributed by atoms with Gasteiger partial charge in [-0.15, -0.1) is 0 Å². The standard InChI is InChI=1S/C7H14N4O2S/c1-2-8-3-4-11-14(12,13)7-5-9-10-6-7/h5-6,8,11H,2-4H2,1H3,(H,9,10). The van der Waals surface area contributed by atoms with Gasteiger partial charge in [0.15, 0.2) is 0 Å². The Labute approximate surface area is 83.1 Å². The summed E-state index contributed by atoms with van der Waals surface area (Å²) in [6.45, 7) is 3.78. The third-order valence-electron chi connectivity index (χ3n) is 1.63. The van der Waals surface area contributed by atoms with Crippen LogP contribution in [0.3, 0.4) is 0 Å². The monoisotopic (exact) mass is 218 g/mol. The number of likely N-dealkylation sites (N-methyl/N-ethyl adjacent to an activating group) is 1. The van der Waals surface area contributed by atoms with Crippen LogP contribution in [0.15, 0.2) is 17.3 Å². The molecule has 0 saturated heterocycles. The van der Waals surface area contributed by atoms with E-state index in [0.717, 1.165) is 6.54 Å². The molecule has 1 aromatic rings. The first-order valence-electron chi connectivity index (χ1n) is 4.36. The highest BCUT2D eigenvalue weighted by molar-refractivity contribution is 7.89. The van der Waals surface area contributed by atoms with Gasteiger partial charge in [0, 0.05) is 19.3 Å². The van der Waals surface area contributed by atoms with Gasteiger partial charge in [0.05, 0.1) is 6.20 Å². The van der Waals surface area contributed by atoms with Gasteiger partial charge < -0.3 is 5.32 Å². The summed E-state index contributed by atoms with van der Waals surface area (Å²) in [5, 5.41) is 9.04. The van der Waals surface area contributed by atoms with Gasteiger partial charge in [-0.05, 0) is 6.54 Å². The van der Waals surface area contributed by atoms with E-state index >= 15 is 0 Å². The fourth-order valence-corrected chi connectivity index (χ4v) is 1.86. The van der Waals surface area contributed by atoms with Gasteiger partial charge in [-0.1, -0.05) is 6.92 Å². The van der Waals surface area contributed by atoms with Crippen molar-refractivity contribution in [3.63, 3.8) is 0 Å². The second-order valence-electron chi connectivity index (χ2n) is 2.69. The van der Waals surface area contributed by atoms with Crippen molar-refractivity contribution in [2.75, 3.05) is 19.6 Å². The molecule has 7 heteroatoms. The minimum atomic E-state index is -3.38. The summed E-state index contributed by atoms with van der Waals surface area (Å²) >= 11 is 0. The first-order valence-corrected chi connectivity index (χ1v) is 5.84. The molecule has 0 unspecified atom stereocenters. The molecule has 0 aromatic carbocycles. The molecule has 1 aromatic heterocycles. The van der Waals surface area contributed by atoms with Crippen molar-refractivity contribution in [3.8, 4) is 0 Å². The zero-order valence-corrected chi connectivity index (χ0v) is 8.76. The van der Waals surface area contributed by atoms with Crippen LogP contribution in [0.4, 0.5) is 0 Å². The summed E-state index contributed by atoms with van der Waals surface area (Å²) in [4.78, 5) is 0.161. The Kier molecular flexibility index (Phi) is 4.05. The van der Waals surface area contributed by atoms with Crippen LogP contribution in [0.2, 0.25) is 0 Å². The van der Waals surface area contributed by atoms with Crippen LogP contribution in [-0.4, -0.2) is 38.2 Å². The molecule has 0 radical (unpaired) electrons. The predicted molar refractivity (Wildman–Crippen MR) is 52.3 cm³/mol. The zero-order valence-electron chi connectivity index (χ0n) is 7.95. The molecule has 1 rings (SSSR count). The molecule has 1 heterocycles. The SMILES string of the molecule is CCNCCNS(=O)(=O)c1cn[nH]c1. The van der Waals surface area contributed by atoms with Crippen molar-refractivity contribution in [2.45, 2.75) is 11.8 Å². The van der Waals surface area contributed by atoms with Crippen molar-refractivity contribution in [3.05, 3.63) is 12.4 Å². The Hall–Kier alpha value is -0.920. The second kappa shape index (κ2) is 5.08. The largest absolute Gasteiger partial charge is 0.316 e. The summed E-state index contributed by atoms with van der Waals surface area (Å²) < 4.78 is 25.4. The van der Waals surface area contributed by atoms with Gasteiger partial charge in [-0.2, -0.15) is 5.10 Å². The van der Waals surface area contributed by atoms with Crippen molar-refractivity contribution in [1.82, 2.24) is 20.2 Å². The van der Waals surface area contributed by atoms with E-state index in [0.29, 0.717) is 13.1 Å². The predicted octanol–water partition coefficient (Wildman–Crippen LogP) is -0.702. The maximum absolute atomic E-state index is 11.5. The number of hydrogen-bond donors (Lipinski definition) is 3. The molecule has 0 bridgehead atoms. The lowest BCUT2D eigenvalue weighted by Crippen LogP contribution is -2.31. The highest BCUT2D eigenvalue weighted by atomic mass is 32.2. The van der Waals surface area contributed by atoms with Gasteiger partial charge >= 0.3 is 0 Å².